The van der Waals surface area contributed by atoms with Crippen LogP contribution >= 0.6 is 0 Å². The van der Waals surface area contributed by atoms with Gasteiger partial charge in [-0.05, 0) is 32.0 Å². The average molecular weight is 401 g/mol. The first kappa shape index (κ1) is 19.9. The lowest BCUT2D eigenvalue weighted by molar-refractivity contribution is -0.384. The number of urea groups is 1. The number of carbonyl (C=O) groups excluding carboxylic acids is 2. The highest BCUT2D eigenvalue weighted by Crippen LogP contribution is 2.37. The molecule has 10 nitrogen and oxygen atoms in total. The van der Waals surface area contributed by atoms with Gasteiger partial charge in [-0.1, -0.05) is 0 Å². The zero-order chi connectivity index (χ0) is 21.1. The Kier molecular flexibility index (Phi) is 5.53. The molecule has 1 aliphatic rings. The number of allylic oxidation sites excluding steroid dienone is 1. The van der Waals surface area contributed by atoms with Gasteiger partial charge in [-0.25, -0.2) is 9.59 Å². The van der Waals surface area contributed by atoms with E-state index in [0.717, 1.165) is 0 Å². The third-order valence-corrected chi connectivity index (χ3v) is 4.34. The van der Waals surface area contributed by atoms with Crippen LogP contribution in [0.4, 0.5) is 10.5 Å². The van der Waals surface area contributed by atoms with E-state index in [1.165, 1.54) is 25.3 Å². The van der Waals surface area contributed by atoms with E-state index in [2.05, 4.69) is 10.6 Å². The number of hydrogen-bond donors (Lipinski definition) is 2. The predicted molar refractivity (Wildman–Crippen MR) is 101 cm³/mol. The number of non-ortho nitro benzene ring substituents is 1. The number of methoxy groups -OCH3 is 1. The third-order valence-electron chi connectivity index (χ3n) is 4.34. The Bertz CT molecular complexity index is 1010. The summed E-state index contributed by atoms with van der Waals surface area (Å²) in [6.45, 7) is 3.44. The number of nitro benzene ring substituents is 1. The number of rotatable bonds is 6. The Hall–Kier alpha value is -3.82. The number of amides is 2. The van der Waals surface area contributed by atoms with Gasteiger partial charge in [-0.2, -0.15) is 0 Å². The minimum absolute atomic E-state index is 0.128. The second-order valence-electron chi connectivity index (χ2n) is 6.13. The van der Waals surface area contributed by atoms with Crippen molar-refractivity contribution in [1.29, 1.82) is 0 Å². The summed E-state index contributed by atoms with van der Waals surface area (Å²) in [5.74, 6) is 0.344. The standard InChI is InChI=1S/C19H19N3O7/c1-4-28-18(23)16-10(2)20-19(24)21-17(16)15-8-7-14(29-15)12-9-11(22(25)26)5-6-13(12)27-3/h5-9,17H,4H2,1-3H3,(H2,20,21,24)/t17-/m1/s1. The van der Waals surface area contributed by atoms with E-state index in [1.807, 2.05) is 0 Å². The van der Waals surface area contributed by atoms with E-state index < -0.39 is 23.0 Å². The summed E-state index contributed by atoms with van der Waals surface area (Å²) in [4.78, 5) is 34.9. The van der Waals surface area contributed by atoms with E-state index in [-0.39, 0.29) is 29.4 Å². The molecule has 1 atom stereocenters. The van der Waals surface area contributed by atoms with Crippen molar-refractivity contribution >= 4 is 17.7 Å². The lowest BCUT2D eigenvalue weighted by Crippen LogP contribution is -2.45. The Morgan fingerprint density at radius 2 is 2.07 bits per heavy atom. The fourth-order valence-electron chi connectivity index (χ4n) is 3.04. The van der Waals surface area contributed by atoms with Crippen molar-refractivity contribution in [3.05, 3.63) is 57.5 Å². The van der Waals surface area contributed by atoms with Gasteiger partial charge in [0, 0.05) is 17.8 Å². The van der Waals surface area contributed by atoms with Crippen LogP contribution in [0.2, 0.25) is 0 Å². The highest BCUT2D eigenvalue weighted by molar-refractivity contribution is 5.94. The maximum absolute atomic E-state index is 12.4. The fraction of sp³-hybridized carbons (Fsp3) is 0.263. The SMILES string of the molecule is CCOC(=O)C1=C(C)NC(=O)N[C@@H]1c1ccc(-c2cc([N+](=O)[O-])ccc2OC)o1. The van der Waals surface area contributed by atoms with Crippen molar-refractivity contribution < 1.29 is 28.4 Å². The first-order valence-corrected chi connectivity index (χ1v) is 8.73. The van der Waals surface area contributed by atoms with Gasteiger partial charge in [0.1, 0.15) is 23.3 Å². The summed E-state index contributed by atoms with van der Waals surface area (Å²) in [5, 5.41) is 16.3. The van der Waals surface area contributed by atoms with E-state index in [4.69, 9.17) is 13.9 Å². The molecule has 2 aromatic rings. The minimum atomic E-state index is -0.874. The van der Waals surface area contributed by atoms with Gasteiger partial charge < -0.3 is 24.5 Å². The number of hydrogen-bond acceptors (Lipinski definition) is 7. The van der Waals surface area contributed by atoms with Crippen molar-refractivity contribution in [2.75, 3.05) is 13.7 Å². The Labute approximate surface area is 165 Å². The molecule has 3 rings (SSSR count). The largest absolute Gasteiger partial charge is 0.496 e. The van der Waals surface area contributed by atoms with Crippen LogP contribution in [0.5, 0.6) is 5.75 Å². The molecule has 1 aromatic carbocycles. The summed E-state index contributed by atoms with van der Waals surface area (Å²) in [6, 6.07) is 5.92. The molecule has 0 radical (unpaired) electrons. The Morgan fingerprint density at radius 1 is 1.31 bits per heavy atom. The molecule has 1 aliphatic heterocycles. The second kappa shape index (κ2) is 8.05. The third kappa shape index (κ3) is 3.91. The predicted octanol–water partition coefficient (Wildman–Crippen LogP) is 3.05. The van der Waals surface area contributed by atoms with Crippen LogP contribution in [-0.2, 0) is 9.53 Å². The van der Waals surface area contributed by atoms with Crippen molar-refractivity contribution in [2.24, 2.45) is 0 Å². The molecule has 2 N–H and O–H groups in total. The van der Waals surface area contributed by atoms with Gasteiger partial charge in [-0.15, -0.1) is 0 Å². The highest BCUT2D eigenvalue weighted by Gasteiger charge is 2.34. The zero-order valence-electron chi connectivity index (χ0n) is 16.0. The number of nitrogens with one attached hydrogen (secondary N) is 2. The number of furan rings is 1. The van der Waals surface area contributed by atoms with Crippen molar-refractivity contribution in [3.63, 3.8) is 0 Å². The molecular formula is C19H19N3O7. The number of ether oxygens (including phenoxy) is 2. The summed E-state index contributed by atoms with van der Waals surface area (Å²) < 4.78 is 16.2. The molecule has 29 heavy (non-hydrogen) atoms. The first-order chi connectivity index (χ1) is 13.8. The van der Waals surface area contributed by atoms with Crippen LogP contribution in [0.15, 0.2) is 46.0 Å². The molecule has 1 aromatic heterocycles. The van der Waals surface area contributed by atoms with Crippen LogP contribution in [0.3, 0.4) is 0 Å². The number of carbonyl (C=O) groups is 2. The average Bonchev–Trinajstić information content (AvgIpc) is 3.16. The van der Waals surface area contributed by atoms with Crippen LogP contribution in [0, 0.1) is 10.1 Å². The quantitative estimate of drug-likeness (QED) is 0.432. The van der Waals surface area contributed by atoms with Gasteiger partial charge in [0.15, 0.2) is 0 Å². The minimum Gasteiger partial charge on any atom is -0.496 e. The van der Waals surface area contributed by atoms with Crippen molar-refractivity contribution in [1.82, 2.24) is 10.6 Å². The smallest absolute Gasteiger partial charge is 0.338 e. The summed E-state index contributed by atoms with van der Waals surface area (Å²) >= 11 is 0. The highest BCUT2D eigenvalue weighted by atomic mass is 16.6. The second-order valence-corrected chi connectivity index (χ2v) is 6.13. The first-order valence-electron chi connectivity index (χ1n) is 8.73. The Balaban J connectivity index is 2.04. The molecule has 0 unspecified atom stereocenters. The van der Waals surface area contributed by atoms with Crippen LogP contribution in [-0.4, -0.2) is 30.6 Å². The molecule has 0 saturated heterocycles. The van der Waals surface area contributed by atoms with Gasteiger partial charge >= 0.3 is 12.0 Å². The monoisotopic (exact) mass is 401 g/mol. The Morgan fingerprint density at radius 3 is 2.72 bits per heavy atom. The van der Waals surface area contributed by atoms with E-state index in [1.54, 1.807) is 26.0 Å². The van der Waals surface area contributed by atoms with Crippen LogP contribution in [0.1, 0.15) is 25.6 Å². The van der Waals surface area contributed by atoms with Gasteiger partial charge in [0.2, 0.25) is 0 Å². The molecule has 10 heteroatoms. The van der Waals surface area contributed by atoms with Crippen LogP contribution in [0.25, 0.3) is 11.3 Å². The molecule has 0 spiro atoms. The van der Waals surface area contributed by atoms with Crippen molar-refractivity contribution in [2.45, 2.75) is 19.9 Å². The zero-order valence-corrected chi connectivity index (χ0v) is 16.0. The summed E-state index contributed by atoms with van der Waals surface area (Å²) in [6.07, 6.45) is 0. The number of benzene rings is 1. The molecule has 0 fully saturated rings. The van der Waals surface area contributed by atoms with Gasteiger partial charge in [-0.3, -0.25) is 10.1 Å². The van der Waals surface area contributed by atoms with Gasteiger partial charge in [0.05, 0.1) is 29.8 Å². The number of nitro groups is 1. The summed E-state index contributed by atoms with van der Waals surface area (Å²) in [7, 11) is 1.44. The molecule has 2 amide bonds. The maximum Gasteiger partial charge on any atom is 0.338 e. The molecule has 152 valence electrons. The normalized spacial score (nSPS) is 16.1. The lowest BCUT2D eigenvalue weighted by atomic mass is 10.0. The summed E-state index contributed by atoms with van der Waals surface area (Å²) in [5.41, 5.74) is 0.796. The molecular weight excluding hydrogens is 382 g/mol. The van der Waals surface area contributed by atoms with E-state index in [0.29, 0.717) is 17.0 Å². The van der Waals surface area contributed by atoms with Crippen LogP contribution < -0.4 is 15.4 Å². The van der Waals surface area contributed by atoms with Crippen molar-refractivity contribution in [3.8, 4) is 17.1 Å². The molecule has 0 saturated carbocycles. The number of nitrogens with zero attached hydrogens (tertiary/aromatic N) is 1. The lowest BCUT2D eigenvalue weighted by Gasteiger charge is -2.26. The molecule has 0 aliphatic carbocycles. The topological polar surface area (TPSA) is 133 Å². The number of esters is 1. The fourth-order valence-corrected chi connectivity index (χ4v) is 3.04. The van der Waals surface area contributed by atoms with E-state index >= 15 is 0 Å². The molecule has 0 bridgehead atoms. The van der Waals surface area contributed by atoms with E-state index in [9.17, 15) is 19.7 Å². The maximum atomic E-state index is 12.4. The van der Waals surface area contributed by atoms with Gasteiger partial charge in [0.25, 0.3) is 5.69 Å². The molecule has 2 heterocycles.